The molecule has 1 N–H and O–H groups in total. The molecule has 0 saturated carbocycles. The van der Waals surface area contributed by atoms with Crippen molar-refractivity contribution >= 4 is 0 Å². The predicted molar refractivity (Wildman–Crippen MR) is 69.3 cm³/mol. The lowest BCUT2D eigenvalue weighted by Gasteiger charge is -2.22. The van der Waals surface area contributed by atoms with Gasteiger partial charge in [-0.05, 0) is 45.2 Å². The third kappa shape index (κ3) is 4.44. The number of furan rings is 1. The third-order valence-electron chi connectivity index (χ3n) is 3.22. The second-order valence-corrected chi connectivity index (χ2v) is 4.70. The monoisotopic (exact) mass is 253 g/mol. The summed E-state index contributed by atoms with van der Waals surface area (Å²) in [5, 5.41) is 3.39. The Hall–Kier alpha value is -0.840. The van der Waals surface area contributed by atoms with Crippen LogP contribution < -0.4 is 5.32 Å². The van der Waals surface area contributed by atoms with Gasteiger partial charge in [0.2, 0.25) is 0 Å². The van der Waals surface area contributed by atoms with Crippen LogP contribution in [0.4, 0.5) is 0 Å². The van der Waals surface area contributed by atoms with Gasteiger partial charge in [-0.15, -0.1) is 0 Å². The van der Waals surface area contributed by atoms with Crippen molar-refractivity contribution in [3.8, 4) is 0 Å². The van der Waals surface area contributed by atoms with Crippen molar-refractivity contribution in [2.24, 2.45) is 0 Å². The highest BCUT2D eigenvalue weighted by Crippen LogP contribution is 2.13. The van der Waals surface area contributed by atoms with Crippen molar-refractivity contribution < 1.29 is 13.9 Å². The number of rotatable bonds is 7. The lowest BCUT2D eigenvalue weighted by atomic mass is 10.2. The molecule has 0 aromatic carbocycles. The minimum Gasteiger partial charge on any atom is -0.469 e. The quantitative estimate of drug-likeness (QED) is 0.759. The first kappa shape index (κ1) is 13.6. The maximum absolute atomic E-state index is 5.66. The number of hydrogen-bond acceptors (Lipinski definition) is 4. The summed E-state index contributed by atoms with van der Waals surface area (Å²) in [6, 6.07) is 2.01. The second-order valence-electron chi connectivity index (χ2n) is 4.70. The minimum atomic E-state index is 0.0369. The van der Waals surface area contributed by atoms with Gasteiger partial charge >= 0.3 is 0 Å². The van der Waals surface area contributed by atoms with Crippen molar-refractivity contribution in [1.82, 2.24) is 5.32 Å². The first-order chi connectivity index (χ1) is 8.86. The molecule has 1 saturated heterocycles. The Labute approximate surface area is 109 Å². The average Bonchev–Trinajstić information content (AvgIpc) is 2.81. The molecular weight excluding hydrogens is 230 g/mol. The van der Waals surface area contributed by atoms with Crippen LogP contribution in [0.5, 0.6) is 0 Å². The van der Waals surface area contributed by atoms with Crippen molar-refractivity contribution in [3.05, 3.63) is 23.7 Å². The standard InChI is InChI=1S/C14H23NO3/c1-12-13(6-10-16-12)11-15-7-4-9-18-14-5-2-3-8-17-14/h6,10,14-15H,2-5,7-9,11H2,1H3. The van der Waals surface area contributed by atoms with Gasteiger partial charge in [-0.3, -0.25) is 0 Å². The van der Waals surface area contributed by atoms with Crippen LogP contribution in [-0.2, 0) is 16.0 Å². The third-order valence-corrected chi connectivity index (χ3v) is 3.22. The molecule has 4 nitrogen and oxygen atoms in total. The summed E-state index contributed by atoms with van der Waals surface area (Å²) in [7, 11) is 0. The van der Waals surface area contributed by atoms with Gasteiger partial charge in [0, 0.05) is 18.7 Å². The normalized spacial score (nSPS) is 20.2. The maximum atomic E-state index is 5.66. The molecule has 1 fully saturated rings. The lowest BCUT2D eigenvalue weighted by molar-refractivity contribution is -0.162. The molecule has 4 heteroatoms. The summed E-state index contributed by atoms with van der Waals surface area (Å²) >= 11 is 0. The molecule has 0 radical (unpaired) electrons. The predicted octanol–water partition coefficient (Wildman–Crippen LogP) is 2.61. The molecule has 18 heavy (non-hydrogen) atoms. The van der Waals surface area contributed by atoms with E-state index in [2.05, 4.69) is 5.32 Å². The van der Waals surface area contributed by atoms with E-state index < -0.39 is 0 Å². The van der Waals surface area contributed by atoms with Gasteiger partial charge in [0.1, 0.15) is 5.76 Å². The smallest absolute Gasteiger partial charge is 0.157 e. The van der Waals surface area contributed by atoms with Crippen LogP contribution in [-0.4, -0.2) is 26.0 Å². The molecular formula is C14H23NO3. The summed E-state index contributed by atoms with van der Waals surface area (Å²) in [6.07, 6.45) is 6.22. The van der Waals surface area contributed by atoms with Crippen LogP contribution in [0.2, 0.25) is 0 Å². The molecule has 1 aliphatic rings. The van der Waals surface area contributed by atoms with E-state index >= 15 is 0 Å². The van der Waals surface area contributed by atoms with Crippen LogP contribution in [0.1, 0.15) is 37.0 Å². The second kappa shape index (κ2) is 7.56. The van der Waals surface area contributed by atoms with E-state index in [1.54, 1.807) is 6.26 Å². The number of ether oxygens (including phenoxy) is 2. The molecule has 1 aliphatic heterocycles. The van der Waals surface area contributed by atoms with Gasteiger partial charge < -0.3 is 19.2 Å². The zero-order valence-corrected chi connectivity index (χ0v) is 11.1. The van der Waals surface area contributed by atoms with Crippen molar-refractivity contribution in [3.63, 3.8) is 0 Å². The zero-order valence-electron chi connectivity index (χ0n) is 11.1. The van der Waals surface area contributed by atoms with Gasteiger partial charge in [-0.25, -0.2) is 0 Å². The van der Waals surface area contributed by atoms with E-state index in [0.29, 0.717) is 0 Å². The summed E-state index contributed by atoms with van der Waals surface area (Å²) in [5.74, 6) is 0.995. The molecule has 1 aromatic heterocycles. The van der Waals surface area contributed by atoms with Gasteiger partial charge in [-0.2, -0.15) is 0 Å². The molecule has 0 amide bonds. The minimum absolute atomic E-state index is 0.0369. The Balaban J connectivity index is 1.47. The molecule has 1 aromatic rings. The molecule has 2 heterocycles. The lowest BCUT2D eigenvalue weighted by Crippen LogP contribution is -2.24. The van der Waals surface area contributed by atoms with E-state index in [4.69, 9.17) is 13.9 Å². The Kier molecular flexibility index (Phi) is 5.71. The number of hydrogen-bond donors (Lipinski definition) is 1. The fraction of sp³-hybridized carbons (Fsp3) is 0.714. The fourth-order valence-electron chi connectivity index (χ4n) is 2.07. The number of aryl methyl sites for hydroxylation is 1. The fourth-order valence-corrected chi connectivity index (χ4v) is 2.07. The summed E-state index contributed by atoms with van der Waals surface area (Å²) in [6.45, 7) is 5.42. The Morgan fingerprint density at radius 1 is 1.44 bits per heavy atom. The van der Waals surface area contributed by atoms with Crippen molar-refractivity contribution in [2.45, 2.75) is 45.4 Å². The molecule has 0 bridgehead atoms. The molecule has 1 unspecified atom stereocenters. The Morgan fingerprint density at radius 3 is 3.11 bits per heavy atom. The van der Waals surface area contributed by atoms with E-state index in [1.807, 2.05) is 13.0 Å². The summed E-state index contributed by atoms with van der Waals surface area (Å²) in [4.78, 5) is 0. The topological polar surface area (TPSA) is 43.6 Å². The van der Waals surface area contributed by atoms with Crippen molar-refractivity contribution in [2.75, 3.05) is 19.8 Å². The van der Waals surface area contributed by atoms with Crippen LogP contribution in [0.3, 0.4) is 0 Å². The van der Waals surface area contributed by atoms with E-state index in [0.717, 1.165) is 44.9 Å². The Bertz CT molecular complexity index is 332. The van der Waals surface area contributed by atoms with Crippen LogP contribution in [0.25, 0.3) is 0 Å². The van der Waals surface area contributed by atoms with Gasteiger partial charge in [-0.1, -0.05) is 0 Å². The largest absolute Gasteiger partial charge is 0.469 e. The van der Waals surface area contributed by atoms with Gasteiger partial charge in [0.05, 0.1) is 12.9 Å². The molecule has 2 rings (SSSR count). The highest BCUT2D eigenvalue weighted by atomic mass is 16.7. The van der Waals surface area contributed by atoms with Gasteiger partial charge in [0.25, 0.3) is 0 Å². The average molecular weight is 253 g/mol. The molecule has 1 atom stereocenters. The first-order valence-electron chi connectivity index (χ1n) is 6.83. The zero-order chi connectivity index (χ0) is 12.6. The van der Waals surface area contributed by atoms with Crippen LogP contribution in [0.15, 0.2) is 16.7 Å². The van der Waals surface area contributed by atoms with Gasteiger partial charge in [0.15, 0.2) is 6.29 Å². The van der Waals surface area contributed by atoms with Crippen LogP contribution >= 0.6 is 0 Å². The molecule has 102 valence electrons. The van der Waals surface area contributed by atoms with Crippen LogP contribution in [0, 0.1) is 6.92 Å². The molecule has 0 spiro atoms. The molecule has 0 aliphatic carbocycles. The Morgan fingerprint density at radius 2 is 2.39 bits per heavy atom. The SMILES string of the molecule is Cc1occc1CNCCCOC1CCCCO1. The van der Waals surface area contributed by atoms with Crippen molar-refractivity contribution in [1.29, 1.82) is 0 Å². The van der Waals surface area contributed by atoms with E-state index in [9.17, 15) is 0 Å². The van der Waals surface area contributed by atoms with E-state index in [1.165, 1.54) is 18.4 Å². The summed E-state index contributed by atoms with van der Waals surface area (Å²) in [5.41, 5.74) is 1.23. The maximum Gasteiger partial charge on any atom is 0.157 e. The van der Waals surface area contributed by atoms with E-state index in [-0.39, 0.29) is 6.29 Å². The highest BCUT2D eigenvalue weighted by Gasteiger charge is 2.13. The summed E-state index contributed by atoms with van der Waals surface area (Å²) < 4.78 is 16.4. The first-order valence-corrected chi connectivity index (χ1v) is 6.83. The highest BCUT2D eigenvalue weighted by molar-refractivity contribution is 5.14. The number of nitrogens with one attached hydrogen (secondary N) is 1.